The van der Waals surface area contributed by atoms with Crippen molar-refractivity contribution in [2.45, 2.75) is 53.6 Å². The molecule has 5 heteroatoms. The Morgan fingerprint density at radius 3 is 2.30 bits per heavy atom. The highest BCUT2D eigenvalue weighted by Gasteiger charge is 2.23. The molecule has 1 N–H and O–H groups in total. The number of hydrogen-bond acceptors (Lipinski definition) is 4. The highest BCUT2D eigenvalue weighted by molar-refractivity contribution is 5.90. The summed E-state index contributed by atoms with van der Waals surface area (Å²) in [4.78, 5) is 26.0. The van der Waals surface area contributed by atoms with Gasteiger partial charge in [0.1, 0.15) is 11.3 Å². The van der Waals surface area contributed by atoms with Gasteiger partial charge in [0.2, 0.25) is 0 Å². The van der Waals surface area contributed by atoms with E-state index < -0.39 is 5.60 Å². The molecule has 0 aromatic carbocycles. The van der Waals surface area contributed by atoms with Crippen molar-refractivity contribution in [3.05, 3.63) is 22.5 Å². The topological polar surface area (TPSA) is 68.4 Å². The van der Waals surface area contributed by atoms with E-state index in [1.807, 2.05) is 34.6 Å². The molecule has 1 rings (SSSR count). The quantitative estimate of drug-likeness (QED) is 0.862. The van der Waals surface area contributed by atoms with E-state index >= 15 is 0 Å². The van der Waals surface area contributed by atoms with E-state index in [9.17, 15) is 9.59 Å². The van der Waals surface area contributed by atoms with Gasteiger partial charge in [-0.05, 0) is 45.7 Å². The Morgan fingerprint density at radius 1 is 1.20 bits per heavy atom. The average Bonchev–Trinajstić information content (AvgIpc) is 2.54. The fourth-order valence-electron chi connectivity index (χ4n) is 1.88. The number of nitrogens with one attached hydrogen (secondary N) is 1. The zero-order valence-corrected chi connectivity index (χ0v) is 13.0. The van der Waals surface area contributed by atoms with Crippen LogP contribution in [-0.4, -0.2) is 29.1 Å². The fourth-order valence-corrected chi connectivity index (χ4v) is 1.88. The summed E-state index contributed by atoms with van der Waals surface area (Å²) in [6, 6.07) is 0. The third kappa shape index (κ3) is 4.40. The number of hydrogen-bond donors (Lipinski definition) is 1. The zero-order valence-electron chi connectivity index (χ0n) is 13.0. The van der Waals surface area contributed by atoms with Crippen molar-refractivity contribution in [3.63, 3.8) is 0 Å². The first-order valence-electron chi connectivity index (χ1n) is 6.66. The van der Waals surface area contributed by atoms with Crippen molar-refractivity contribution < 1.29 is 19.1 Å². The fraction of sp³-hybridized carbons (Fsp3) is 0.600. The lowest BCUT2D eigenvalue weighted by atomic mass is 10.1. The van der Waals surface area contributed by atoms with Gasteiger partial charge in [-0.25, -0.2) is 4.79 Å². The summed E-state index contributed by atoms with van der Waals surface area (Å²) in [5.74, 6) is -0.708. The number of ether oxygens (including phenoxy) is 2. The molecule has 0 aliphatic carbocycles. The second kappa shape index (κ2) is 6.11. The number of esters is 2. The Balaban J connectivity index is 2.93. The molecule has 0 spiro atoms. The van der Waals surface area contributed by atoms with Crippen LogP contribution in [0.5, 0.6) is 0 Å². The van der Waals surface area contributed by atoms with Crippen LogP contribution in [0.2, 0.25) is 0 Å². The smallest absolute Gasteiger partial charge is 0.355 e. The highest BCUT2D eigenvalue weighted by atomic mass is 16.6. The van der Waals surface area contributed by atoms with Crippen LogP contribution < -0.4 is 0 Å². The number of H-pyrrole nitrogens is 1. The van der Waals surface area contributed by atoms with Crippen molar-refractivity contribution in [3.8, 4) is 0 Å². The predicted octanol–water partition coefficient (Wildman–Crippen LogP) is 2.69. The minimum absolute atomic E-state index is 0.253. The summed E-state index contributed by atoms with van der Waals surface area (Å²) < 4.78 is 10.3. The van der Waals surface area contributed by atoms with Crippen LogP contribution in [0.4, 0.5) is 0 Å². The van der Waals surface area contributed by atoms with Gasteiger partial charge in [0.15, 0.2) is 0 Å². The molecule has 0 bridgehead atoms. The molecule has 0 saturated carbocycles. The second-order valence-electron chi connectivity index (χ2n) is 5.82. The molecule has 0 radical (unpaired) electrons. The summed E-state index contributed by atoms with van der Waals surface area (Å²) >= 11 is 0. The van der Waals surface area contributed by atoms with Crippen molar-refractivity contribution in [1.82, 2.24) is 4.98 Å². The SMILES string of the molecule is CC(=O)OCCc1c(C(=O)OC(C)(C)C)[nH]c(C)c1C. The van der Waals surface area contributed by atoms with Crippen LogP contribution in [0.3, 0.4) is 0 Å². The van der Waals surface area contributed by atoms with Gasteiger partial charge in [-0.15, -0.1) is 0 Å². The maximum Gasteiger partial charge on any atom is 0.355 e. The van der Waals surface area contributed by atoms with E-state index in [4.69, 9.17) is 9.47 Å². The van der Waals surface area contributed by atoms with Crippen molar-refractivity contribution in [2.24, 2.45) is 0 Å². The van der Waals surface area contributed by atoms with Crippen LogP contribution in [0.25, 0.3) is 0 Å². The summed E-state index contributed by atoms with van der Waals surface area (Å²) in [5.41, 5.74) is 2.67. The lowest BCUT2D eigenvalue weighted by molar-refractivity contribution is -0.140. The molecule has 0 amide bonds. The Labute approximate surface area is 119 Å². The van der Waals surface area contributed by atoms with Gasteiger partial charge in [-0.1, -0.05) is 0 Å². The number of aromatic nitrogens is 1. The van der Waals surface area contributed by atoms with Gasteiger partial charge in [0.05, 0.1) is 6.61 Å². The zero-order chi connectivity index (χ0) is 15.5. The number of aryl methyl sites for hydroxylation is 1. The largest absolute Gasteiger partial charge is 0.466 e. The molecule has 1 aromatic rings. The molecule has 0 atom stereocenters. The molecule has 1 heterocycles. The molecule has 1 aromatic heterocycles. The number of aromatic amines is 1. The van der Waals surface area contributed by atoms with Gasteiger partial charge < -0.3 is 14.5 Å². The number of carbonyl (C=O) groups excluding carboxylic acids is 2. The third-order valence-corrected chi connectivity index (χ3v) is 2.89. The lowest BCUT2D eigenvalue weighted by Gasteiger charge is -2.19. The Bertz CT molecular complexity index is 509. The summed E-state index contributed by atoms with van der Waals surface area (Å²) in [6.07, 6.45) is 0.490. The monoisotopic (exact) mass is 281 g/mol. The van der Waals surface area contributed by atoms with E-state index in [0.717, 1.165) is 16.8 Å². The minimum atomic E-state index is -0.544. The van der Waals surface area contributed by atoms with Crippen LogP contribution in [-0.2, 0) is 20.7 Å². The van der Waals surface area contributed by atoms with Gasteiger partial charge in [0.25, 0.3) is 0 Å². The van der Waals surface area contributed by atoms with Crippen LogP contribution in [0.15, 0.2) is 0 Å². The van der Waals surface area contributed by atoms with Crippen molar-refractivity contribution in [1.29, 1.82) is 0 Å². The van der Waals surface area contributed by atoms with Crippen LogP contribution >= 0.6 is 0 Å². The second-order valence-corrected chi connectivity index (χ2v) is 5.82. The minimum Gasteiger partial charge on any atom is -0.466 e. The van der Waals surface area contributed by atoms with Crippen molar-refractivity contribution >= 4 is 11.9 Å². The first-order chi connectivity index (χ1) is 9.11. The molecule has 20 heavy (non-hydrogen) atoms. The van der Waals surface area contributed by atoms with E-state index in [1.165, 1.54) is 6.92 Å². The summed E-state index contributed by atoms with van der Waals surface area (Å²) in [5, 5.41) is 0. The molecule has 5 nitrogen and oxygen atoms in total. The van der Waals surface area contributed by atoms with Crippen molar-refractivity contribution in [2.75, 3.05) is 6.61 Å². The summed E-state index contributed by atoms with van der Waals surface area (Å²) in [6.45, 7) is 10.9. The first-order valence-corrected chi connectivity index (χ1v) is 6.66. The number of rotatable bonds is 4. The average molecular weight is 281 g/mol. The van der Waals surface area contributed by atoms with E-state index in [-0.39, 0.29) is 18.5 Å². The van der Waals surface area contributed by atoms with Crippen LogP contribution in [0, 0.1) is 13.8 Å². The standard InChI is InChI=1S/C15H23NO4/c1-9-10(2)16-13(14(18)20-15(4,5)6)12(9)7-8-19-11(3)17/h16H,7-8H2,1-6H3. The Morgan fingerprint density at radius 2 is 1.80 bits per heavy atom. The van der Waals surface area contributed by atoms with Gasteiger partial charge >= 0.3 is 11.9 Å². The Kier molecular flexibility index (Phi) is 4.98. The molecule has 0 unspecified atom stereocenters. The molecular formula is C15H23NO4. The van der Waals surface area contributed by atoms with Crippen LogP contribution in [0.1, 0.15) is 55.0 Å². The third-order valence-electron chi connectivity index (χ3n) is 2.89. The molecule has 0 aliphatic rings. The van der Waals surface area contributed by atoms with E-state index in [2.05, 4.69) is 4.98 Å². The molecule has 0 aliphatic heterocycles. The van der Waals surface area contributed by atoms with Gasteiger partial charge in [-0.2, -0.15) is 0 Å². The van der Waals surface area contributed by atoms with E-state index in [1.54, 1.807) is 0 Å². The van der Waals surface area contributed by atoms with Gasteiger partial charge in [0, 0.05) is 19.0 Å². The first kappa shape index (κ1) is 16.3. The molecular weight excluding hydrogens is 258 g/mol. The number of carbonyl (C=O) groups is 2. The molecule has 112 valence electrons. The summed E-state index contributed by atoms with van der Waals surface area (Å²) in [7, 11) is 0. The lowest BCUT2D eigenvalue weighted by Crippen LogP contribution is -2.25. The maximum absolute atomic E-state index is 12.2. The Hall–Kier alpha value is -1.78. The molecule has 0 fully saturated rings. The van der Waals surface area contributed by atoms with E-state index in [0.29, 0.717) is 12.1 Å². The molecule has 0 saturated heterocycles. The normalized spacial score (nSPS) is 11.3. The van der Waals surface area contributed by atoms with Gasteiger partial charge in [-0.3, -0.25) is 4.79 Å². The predicted molar refractivity (Wildman–Crippen MR) is 75.8 cm³/mol. The maximum atomic E-state index is 12.2. The highest BCUT2D eigenvalue weighted by Crippen LogP contribution is 2.21.